The van der Waals surface area contributed by atoms with Crippen LogP contribution in [0.25, 0.3) is 10.9 Å². The third kappa shape index (κ3) is 3.56. The van der Waals surface area contributed by atoms with Crippen LogP contribution in [0, 0.1) is 5.82 Å². The average Bonchev–Trinajstić information content (AvgIpc) is 2.62. The second-order valence-electron chi connectivity index (χ2n) is 6.84. The highest BCUT2D eigenvalue weighted by molar-refractivity contribution is 5.93. The van der Waals surface area contributed by atoms with Gasteiger partial charge in [-0.3, -0.25) is 4.79 Å². The van der Waals surface area contributed by atoms with Crippen LogP contribution >= 0.6 is 0 Å². The number of anilines is 1. The molecule has 0 atom stereocenters. The van der Waals surface area contributed by atoms with Crippen molar-refractivity contribution in [3.05, 3.63) is 75.8 Å². The van der Waals surface area contributed by atoms with Crippen molar-refractivity contribution >= 4 is 22.6 Å². The summed E-state index contributed by atoms with van der Waals surface area (Å²) in [4.78, 5) is 25.7. The summed E-state index contributed by atoms with van der Waals surface area (Å²) in [7, 11) is 1.78. The number of aromatic nitrogens is 1. The minimum absolute atomic E-state index is 0.0676. The topological polar surface area (TPSA) is 62.5 Å². The van der Waals surface area contributed by atoms with Crippen molar-refractivity contribution in [2.45, 2.75) is 26.4 Å². The number of fused-ring (bicyclic) bond motifs is 1. The lowest BCUT2D eigenvalue weighted by atomic mass is 10.1. The molecule has 0 radical (unpaired) electrons. The van der Waals surface area contributed by atoms with Crippen LogP contribution in [0.2, 0.25) is 0 Å². The zero-order chi connectivity index (χ0) is 19.7. The zero-order valence-electron chi connectivity index (χ0n) is 15.4. The van der Waals surface area contributed by atoms with Gasteiger partial charge in [-0.05, 0) is 31.5 Å². The smallest absolute Gasteiger partial charge is 0.341 e. The SMILES string of the molecule is CC(C)n1cc(C(=O)O)c(=O)c2cc(F)c(N(C)Cc3ccccc3)cc21. The lowest BCUT2D eigenvalue weighted by Crippen LogP contribution is -2.22. The number of pyridine rings is 1. The predicted molar refractivity (Wildman–Crippen MR) is 104 cm³/mol. The molecule has 6 heteroatoms. The monoisotopic (exact) mass is 368 g/mol. The Balaban J connectivity index is 2.18. The number of carbonyl (C=O) groups is 1. The Labute approximate surface area is 156 Å². The highest BCUT2D eigenvalue weighted by Crippen LogP contribution is 2.27. The minimum atomic E-state index is -1.32. The summed E-state index contributed by atoms with van der Waals surface area (Å²) >= 11 is 0. The quantitative estimate of drug-likeness (QED) is 0.738. The van der Waals surface area contributed by atoms with Crippen molar-refractivity contribution in [3.8, 4) is 0 Å². The molecule has 140 valence electrons. The maximum Gasteiger partial charge on any atom is 0.341 e. The van der Waals surface area contributed by atoms with Gasteiger partial charge in [-0.15, -0.1) is 0 Å². The Morgan fingerprint density at radius 3 is 2.48 bits per heavy atom. The number of hydrogen-bond acceptors (Lipinski definition) is 3. The van der Waals surface area contributed by atoms with Gasteiger partial charge in [0.2, 0.25) is 5.43 Å². The zero-order valence-corrected chi connectivity index (χ0v) is 15.4. The van der Waals surface area contributed by atoms with Crippen molar-refractivity contribution in [2.24, 2.45) is 0 Å². The number of carboxylic acid groups (broad SMARTS) is 1. The third-order valence-corrected chi connectivity index (χ3v) is 4.56. The molecule has 0 saturated heterocycles. The van der Waals surface area contributed by atoms with E-state index in [0.717, 1.165) is 11.6 Å². The number of halogens is 1. The van der Waals surface area contributed by atoms with Gasteiger partial charge in [0.25, 0.3) is 0 Å². The Morgan fingerprint density at radius 1 is 1.22 bits per heavy atom. The molecule has 27 heavy (non-hydrogen) atoms. The number of aromatic carboxylic acids is 1. The number of nitrogens with zero attached hydrogens (tertiary/aromatic N) is 2. The van der Waals surface area contributed by atoms with E-state index in [0.29, 0.717) is 17.7 Å². The number of carboxylic acids is 1. The molecule has 3 rings (SSSR count). The van der Waals surface area contributed by atoms with E-state index in [9.17, 15) is 19.1 Å². The molecule has 5 nitrogen and oxygen atoms in total. The maximum absolute atomic E-state index is 14.8. The first kappa shape index (κ1) is 18.6. The molecule has 1 aromatic heterocycles. The van der Waals surface area contributed by atoms with Crippen molar-refractivity contribution in [2.75, 3.05) is 11.9 Å². The first-order valence-electron chi connectivity index (χ1n) is 8.66. The van der Waals surface area contributed by atoms with Gasteiger partial charge in [-0.2, -0.15) is 0 Å². The van der Waals surface area contributed by atoms with Crippen LogP contribution in [-0.4, -0.2) is 22.7 Å². The molecule has 2 aromatic carbocycles. The third-order valence-electron chi connectivity index (χ3n) is 4.56. The van der Waals surface area contributed by atoms with Gasteiger partial charge in [0.1, 0.15) is 11.4 Å². The summed E-state index contributed by atoms with van der Waals surface area (Å²) in [6.07, 6.45) is 1.33. The summed E-state index contributed by atoms with van der Waals surface area (Å²) in [5.41, 5.74) is 0.855. The van der Waals surface area contributed by atoms with Gasteiger partial charge in [0.05, 0.1) is 11.2 Å². The number of benzene rings is 2. The molecule has 0 spiro atoms. The van der Waals surface area contributed by atoms with Crippen molar-refractivity contribution in [3.63, 3.8) is 0 Å². The molecule has 0 fully saturated rings. The van der Waals surface area contributed by atoms with E-state index in [-0.39, 0.29) is 17.0 Å². The summed E-state index contributed by atoms with van der Waals surface area (Å²) in [5.74, 6) is -1.88. The van der Waals surface area contributed by atoms with E-state index in [4.69, 9.17) is 0 Å². The molecule has 0 saturated carbocycles. The summed E-state index contributed by atoms with van der Waals surface area (Å²) in [5, 5.41) is 9.36. The predicted octanol–water partition coefficient (Wildman–Crippen LogP) is 4.06. The second-order valence-corrected chi connectivity index (χ2v) is 6.84. The maximum atomic E-state index is 14.8. The molecule has 0 unspecified atom stereocenters. The van der Waals surface area contributed by atoms with Crippen LogP contribution in [0.15, 0.2) is 53.5 Å². The summed E-state index contributed by atoms with van der Waals surface area (Å²) in [6.45, 7) is 4.26. The van der Waals surface area contributed by atoms with Crippen LogP contribution in [0.3, 0.4) is 0 Å². The van der Waals surface area contributed by atoms with Gasteiger partial charge in [-0.25, -0.2) is 9.18 Å². The first-order valence-corrected chi connectivity index (χ1v) is 8.66. The standard InChI is InChI=1S/C21H21FN2O3/c1-13(2)24-12-16(21(26)27)20(25)15-9-17(22)19(10-18(15)24)23(3)11-14-7-5-4-6-8-14/h4-10,12-13H,11H2,1-3H3,(H,26,27). The van der Waals surface area contributed by atoms with Gasteiger partial charge in [-0.1, -0.05) is 30.3 Å². The largest absolute Gasteiger partial charge is 0.477 e. The van der Waals surface area contributed by atoms with Crippen LogP contribution in [0.5, 0.6) is 0 Å². The second kappa shape index (κ2) is 7.23. The van der Waals surface area contributed by atoms with Crippen LogP contribution in [0.4, 0.5) is 10.1 Å². The van der Waals surface area contributed by atoms with E-state index in [1.54, 1.807) is 22.6 Å². The van der Waals surface area contributed by atoms with Crippen LogP contribution < -0.4 is 10.3 Å². The van der Waals surface area contributed by atoms with Gasteiger partial charge in [0, 0.05) is 31.2 Å². The lowest BCUT2D eigenvalue weighted by Gasteiger charge is -2.22. The molecular weight excluding hydrogens is 347 g/mol. The van der Waals surface area contributed by atoms with Crippen molar-refractivity contribution in [1.82, 2.24) is 4.57 Å². The van der Waals surface area contributed by atoms with E-state index in [2.05, 4.69) is 0 Å². The molecule has 0 bridgehead atoms. The molecule has 0 aliphatic carbocycles. The van der Waals surface area contributed by atoms with Gasteiger partial charge in [0.15, 0.2) is 0 Å². The van der Waals surface area contributed by atoms with Gasteiger partial charge >= 0.3 is 5.97 Å². The fourth-order valence-electron chi connectivity index (χ4n) is 3.17. The number of hydrogen-bond donors (Lipinski definition) is 1. The summed E-state index contributed by atoms with van der Waals surface area (Å²) < 4.78 is 16.5. The van der Waals surface area contributed by atoms with E-state index < -0.39 is 17.2 Å². The highest BCUT2D eigenvalue weighted by atomic mass is 19.1. The molecular formula is C21H21FN2O3. The molecule has 3 aromatic rings. The minimum Gasteiger partial charge on any atom is -0.477 e. The normalized spacial score (nSPS) is 11.1. The van der Waals surface area contributed by atoms with E-state index >= 15 is 0 Å². The van der Waals surface area contributed by atoms with Crippen LogP contribution in [-0.2, 0) is 6.54 Å². The Bertz CT molecular complexity index is 1060. The van der Waals surface area contributed by atoms with Gasteiger partial charge < -0.3 is 14.6 Å². The van der Waals surface area contributed by atoms with E-state index in [1.165, 1.54) is 6.20 Å². The Hall–Kier alpha value is -3.15. The first-order chi connectivity index (χ1) is 12.8. The molecule has 1 heterocycles. The fourth-order valence-corrected chi connectivity index (χ4v) is 3.17. The number of rotatable bonds is 5. The highest BCUT2D eigenvalue weighted by Gasteiger charge is 2.19. The Morgan fingerprint density at radius 2 is 1.89 bits per heavy atom. The van der Waals surface area contributed by atoms with Crippen molar-refractivity contribution in [1.29, 1.82) is 0 Å². The molecule has 0 amide bonds. The van der Waals surface area contributed by atoms with Crippen LogP contribution in [0.1, 0.15) is 35.8 Å². The fraction of sp³-hybridized carbons (Fsp3) is 0.238. The average molecular weight is 368 g/mol. The van der Waals surface area contributed by atoms with E-state index in [1.807, 2.05) is 44.2 Å². The summed E-state index contributed by atoms with van der Waals surface area (Å²) in [6, 6.07) is 12.3. The molecule has 1 N–H and O–H groups in total. The van der Waals surface area contributed by atoms with Crippen molar-refractivity contribution < 1.29 is 14.3 Å². The molecule has 0 aliphatic rings. The lowest BCUT2D eigenvalue weighted by molar-refractivity contribution is 0.0694. The molecule has 0 aliphatic heterocycles. The Kier molecular flexibility index (Phi) is 4.99.